The molecular weight excluding hydrogens is 662 g/mol. The van der Waals surface area contributed by atoms with Gasteiger partial charge in [0.25, 0.3) is 5.91 Å². The number of hydrogen-bond acceptors (Lipinski definition) is 8. The first-order chi connectivity index (χ1) is 23.6. The maximum atomic E-state index is 13.6. The van der Waals surface area contributed by atoms with Gasteiger partial charge in [-0.25, -0.2) is 13.1 Å². The van der Waals surface area contributed by atoms with E-state index in [4.69, 9.17) is 25.8 Å². The number of morpholine rings is 2. The van der Waals surface area contributed by atoms with Gasteiger partial charge in [-0.05, 0) is 111 Å². The number of hydrogen-bond donors (Lipinski definition) is 1. The van der Waals surface area contributed by atoms with Gasteiger partial charge in [-0.1, -0.05) is 31.0 Å². The van der Waals surface area contributed by atoms with Crippen LogP contribution in [0.4, 0.5) is 5.69 Å². The van der Waals surface area contributed by atoms with E-state index in [1.807, 2.05) is 25.1 Å². The number of rotatable bonds is 0. The summed E-state index contributed by atoms with van der Waals surface area (Å²) in [6, 6.07) is 12.0. The molecule has 0 radical (unpaired) electrons. The molecule has 2 spiro atoms. The summed E-state index contributed by atoms with van der Waals surface area (Å²) in [4.78, 5) is 18.6. The van der Waals surface area contributed by atoms with Gasteiger partial charge in [0, 0.05) is 42.2 Å². The van der Waals surface area contributed by atoms with E-state index in [9.17, 15) is 13.2 Å². The normalized spacial score (nSPS) is 36.3. The van der Waals surface area contributed by atoms with Gasteiger partial charge in [0.2, 0.25) is 10.0 Å². The van der Waals surface area contributed by atoms with Crippen molar-refractivity contribution >= 4 is 33.2 Å². The van der Waals surface area contributed by atoms with Crippen LogP contribution in [0.15, 0.2) is 36.4 Å². The van der Waals surface area contributed by atoms with Crippen LogP contribution in [0.25, 0.3) is 0 Å². The van der Waals surface area contributed by atoms with Crippen molar-refractivity contribution in [2.45, 2.75) is 87.5 Å². The number of fused-ring (bicyclic) bond motifs is 6. The Bertz CT molecular complexity index is 1710. The average molecular weight is 712 g/mol. The zero-order chi connectivity index (χ0) is 34.0. The fraction of sp³-hybridized carbons (Fsp3) is 0.658. The Morgan fingerprint density at radius 3 is 2.71 bits per heavy atom. The third-order valence-electron chi connectivity index (χ3n) is 13.0. The molecule has 0 aromatic heterocycles. The number of benzene rings is 2. The third kappa shape index (κ3) is 6.17. The summed E-state index contributed by atoms with van der Waals surface area (Å²) < 4.78 is 49.0. The summed E-state index contributed by atoms with van der Waals surface area (Å²) >= 11 is 6.48. The van der Waals surface area contributed by atoms with Crippen LogP contribution in [-0.4, -0.2) is 88.7 Å². The molecule has 4 aliphatic heterocycles. The lowest BCUT2D eigenvalue weighted by Gasteiger charge is -2.57. The van der Waals surface area contributed by atoms with Crippen LogP contribution < -0.4 is 14.4 Å². The molecule has 11 heteroatoms. The van der Waals surface area contributed by atoms with Crippen molar-refractivity contribution in [3.63, 3.8) is 0 Å². The van der Waals surface area contributed by atoms with E-state index in [2.05, 4.69) is 26.7 Å². The number of halogens is 1. The second-order valence-electron chi connectivity index (χ2n) is 15.9. The fourth-order valence-corrected chi connectivity index (χ4v) is 11.3. The predicted octanol–water partition coefficient (Wildman–Crippen LogP) is 5.58. The molecule has 3 fully saturated rings. The zero-order valence-corrected chi connectivity index (χ0v) is 30.4. The molecule has 1 saturated carbocycles. The molecule has 1 unspecified atom stereocenters. The summed E-state index contributed by atoms with van der Waals surface area (Å²) in [5, 5.41) is 0.0404. The average Bonchev–Trinajstić information content (AvgIpc) is 3.22. The molecule has 2 aromatic rings. The lowest BCUT2D eigenvalue weighted by Crippen LogP contribution is -2.65. The molecule has 1 amide bonds. The van der Waals surface area contributed by atoms with Crippen molar-refractivity contribution < 1.29 is 27.4 Å². The van der Waals surface area contributed by atoms with E-state index in [0.29, 0.717) is 43.3 Å². The Morgan fingerprint density at radius 2 is 1.88 bits per heavy atom. The largest absolute Gasteiger partial charge is 0.490 e. The number of sulfonamides is 1. The van der Waals surface area contributed by atoms with Crippen molar-refractivity contribution in [3.8, 4) is 5.75 Å². The van der Waals surface area contributed by atoms with Gasteiger partial charge in [-0.3, -0.25) is 9.69 Å². The number of carbonyl (C=O) groups is 1. The van der Waals surface area contributed by atoms with E-state index < -0.39 is 21.2 Å². The summed E-state index contributed by atoms with van der Waals surface area (Å²) in [5.74, 6) is 0.814. The first-order valence-electron chi connectivity index (χ1n) is 18.4. The SMILES string of the molecule is C[C@@H]1[C@@H](C)CCCC2(CN3CCOC[C@H]3CO2)[C@@H]2CC[C@H]2CN2C[C@@]3(CCCc4cc(Cl)ccc43)COc3ccc(cc32)C(=O)NS1(=O)=O. The molecule has 1 N–H and O–H groups in total. The highest BCUT2D eigenvalue weighted by Crippen LogP contribution is 2.51. The molecule has 4 heterocycles. The standard InChI is InChI=1S/C38H50ClN3O6S/c1-25-5-3-14-38(23-41-15-16-46-20-31(41)21-48-38)33-10-7-29(33)19-42-22-37(13-4-6-27-17-30(39)9-11-32(27)37)24-47-35-12-8-28(18-34(35)42)36(43)40-49(44,45)26(25)2/h8-9,11-12,17-18,25-26,29,31,33H,3-7,10,13-16,19-24H2,1-2H3,(H,40,43)/t25-,26+,29-,31-,33+,37-,38?/m0/s1. The van der Waals surface area contributed by atoms with E-state index in [1.165, 1.54) is 11.1 Å². The van der Waals surface area contributed by atoms with Crippen LogP contribution in [-0.2, 0) is 31.3 Å². The monoisotopic (exact) mass is 711 g/mol. The molecule has 2 aromatic carbocycles. The zero-order valence-electron chi connectivity index (χ0n) is 28.8. The summed E-state index contributed by atoms with van der Waals surface area (Å²) in [6.07, 6.45) is 7.79. The minimum atomic E-state index is -3.90. The van der Waals surface area contributed by atoms with Crippen molar-refractivity contribution in [2.24, 2.45) is 17.8 Å². The van der Waals surface area contributed by atoms with Gasteiger partial charge < -0.3 is 19.1 Å². The number of nitrogens with zero attached hydrogens (tertiary/aromatic N) is 2. The van der Waals surface area contributed by atoms with Gasteiger partial charge in [-0.2, -0.15) is 0 Å². The van der Waals surface area contributed by atoms with Crippen molar-refractivity contribution in [1.29, 1.82) is 0 Å². The predicted molar refractivity (Wildman–Crippen MR) is 190 cm³/mol. The smallest absolute Gasteiger partial charge is 0.264 e. The second-order valence-corrected chi connectivity index (χ2v) is 18.3. The number of carbonyl (C=O) groups excluding carboxylic acids is 1. The number of anilines is 1. The molecule has 9 nitrogen and oxygen atoms in total. The van der Waals surface area contributed by atoms with Gasteiger partial charge in [0.05, 0.1) is 49.0 Å². The Morgan fingerprint density at radius 1 is 1.00 bits per heavy atom. The number of nitrogens with one attached hydrogen (secondary N) is 1. The van der Waals surface area contributed by atoms with Crippen LogP contribution >= 0.6 is 11.6 Å². The maximum absolute atomic E-state index is 13.6. The third-order valence-corrected chi connectivity index (χ3v) is 15.2. The van der Waals surface area contributed by atoms with Crippen molar-refractivity contribution in [3.05, 3.63) is 58.1 Å². The number of ether oxygens (including phenoxy) is 3. The van der Waals surface area contributed by atoms with Crippen molar-refractivity contribution in [2.75, 3.05) is 57.5 Å². The molecule has 2 bridgehead atoms. The molecule has 49 heavy (non-hydrogen) atoms. The number of aryl methyl sites for hydroxylation is 1. The van der Waals surface area contributed by atoms with Gasteiger partial charge in [-0.15, -0.1) is 0 Å². The van der Waals surface area contributed by atoms with Gasteiger partial charge in [0.1, 0.15) is 5.75 Å². The van der Waals surface area contributed by atoms with Gasteiger partial charge >= 0.3 is 0 Å². The first kappa shape index (κ1) is 33.8. The van der Waals surface area contributed by atoms with Crippen LogP contribution in [0.1, 0.15) is 80.3 Å². The molecule has 266 valence electrons. The molecule has 2 saturated heterocycles. The Hall–Kier alpha value is -2.37. The minimum absolute atomic E-state index is 0.118. The second kappa shape index (κ2) is 13.0. The Balaban J connectivity index is 1.20. The Kier molecular flexibility index (Phi) is 8.95. The van der Waals surface area contributed by atoms with E-state index >= 15 is 0 Å². The molecule has 6 aliphatic rings. The topological polar surface area (TPSA) is 97.4 Å². The van der Waals surface area contributed by atoms with Crippen LogP contribution in [0.5, 0.6) is 5.75 Å². The van der Waals surface area contributed by atoms with Crippen molar-refractivity contribution in [1.82, 2.24) is 9.62 Å². The quantitative estimate of drug-likeness (QED) is 0.379. The molecular formula is C38H50ClN3O6S. The van der Waals surface area contributed by atoms with Crippen LogP contribution in [0.3, 0.4) is 0 Å². The van der Waals surface area contributed by atoms with Gasteiger partial charge in [0.15, 0.2) is 0 Å². The summed E-state index contributed by atoms with van der Waals surface area (Å²) in [7, 11) is -3.90. The molecule has 2 aliphatic carbocycles. The highest BCUT2D eigenvalue weighted by molar-refractivity contribution is 7.90. The van der Waals surface area contributed by atoms with Crippen LogP contribution in [0.2, 0.25) is 5.02 Å². The Labute approximate surface area is 296 Å². The molecule has 8 rings (SSSR count). The van der Waals surface area contributed by atoms with E-state index in [1.54, 1.807) is 13.0 Å². The summed E-state index contributed by atoms with van der Waals surface area (Å²) in [5.41, 5.74) is 3.23. The maximum Gasteiger partial charge on any atom is 0.264 e. The number of amides is 1. The first-order valence-corrected chi connectivity index (χ1v) is 20.3. The highest BCUT2D eigenvalue weighted by atomic mass is 35.5. The highest BCUT2D eigenvalue weighted by Gasteiger charge is 2.53. The minimum Gasteiger partial charge on any atom is -0.490 e. The fourth-order valence-electron chi connectivity index (χ4n) is 9.83. The van der Waals surface area contributed by atoms with E-state index in [-0.39, 0.29) is 16.9 Å². The summed E-state index contributed by atoms with van der Waals surface area (Å²) in [6.45, 7) is 9.74. The lowest BCUT2D eigenvalue weighted by atomic mass is 9.62. The lowest BCUT2D eigenvalue weighted by molar-refractivity contribution is -0.212. The molecule has 7 atom stereocenters. The van der Waals surface area contributed by atoms with Crippen LogP contribution in [0, 0.1) is 17.8 Å². The van der Waals surface area contributed by atoms with E-state index in [0.717, 1.165) is 101 Å².